The van der Waals surface area contributed by atoms with Gasteiger partial charge in [0.05, 0.1) is 12.8 Å². The summed E-state index contributed by atoms with van der Waals surface area (Å²) in [6.45, 7) is 21.1. The Kier molecular flexibility index (Phi) is 20.0. The van der Waals surface area contributed by atoms with Crippen molar-refractivity contribution in [1.82, 2.24) is 0 Å². The number of hydrogen-bond donors (Lipinski definition) is 2. The number of allylic oxidation sites excluding steroid dienone is 20. The van der Waals surface area contributed by atoms with Gasteiger partial charge >= 0.3 is 17.9 Å². The van der Waals surface area contributed by atoms with Crippen LogP contribution in [0, 0.1) is 10.8 Å². The van der Waals surface area contributed by atoms with Crippen LogP contribution in [-0.2, 0) is 33.4 Å². The first kappa shape index (κ1) is 55.3. The number of ether oxygens (including phenoxy) is 3. The Balaban J connectivity index is 1.23. The third kappa shape index (κ3) is 17.3. The first-order valence-corrected chi connectivity index (χ1v) is 23.4. The largest absolute Gasteiger partial charge is 0.508 e. The second-order valence-corrected chi connectivity index (χ2v) is 19.1. The van der Waals surface area contributed by atoms with E-state index in [1.54, 1.807) is 50.3 Å². The zero-order valence-corrected chi connectivity index (χ0v) is 42.4. The molecule has 0 saturated heterocycles. The fraction of sp³-hybridized carbons (Fsp3) is 0.317. The molecule has 0 fully saturated rings. The van der Waals surface area contributed by atoms with Crippen molar-refractivity contribution in [2.24, 2.45) is 10.8 Å². The molecule has 2 aromatic carbocycles. The summed E-state index contributed by atoms with van der Waals surface area (Å²) >= 11 is 0. The molecule has 4 rings (SSSR count). The third-order valence-electron chi connectivity index (χ3n) is 11.9. The molecular formula is C60H68O10. The number of phenolic OH excluding ortho intramolecular Hbond substituents is 2. The summed E-state index contributed by atoms with van der Waals surface area (Å²) in [5.41, 5.74) is 7.77. The standard InChI is InChI=1S/C60H68O10/c1-39(18-14-20-41(3)22-30-51-43(5)57(66)53(68-45(7)61)37-59(51,8)9)16-12-13-17-40(2)19-15-21-42(4)23-31-52-44(6)58(67)54(38-60(52,10)11)70-56(65)33-32-55(64)69-50-28-26-46(27-29-50)24-25-47-34-48(62)36-49(63)35-47/h12-31,34-36,53-54,62-63H,32-33,37-38H2,1-11H3/b13-12+,18-14+,19-15+,25-24+,30-22+,31-23+,39-16+,40-17+,41-20+,42-21+. The molecule has 2 atom stereocenters. The number of ketones is 2. The van der Waals surface area contributed by atoms with Gasteiger partial charge in [-0.3, -0.25) is 24.0 Å². The Hall–Kier alpha value is -7.33. The molecule has 2 aliphatic rings. The van der Waals surface area contributed by atoms with Crippen molar-refractivity contribution in [3.8, 4) is 17.2 Å². The van der Waals surface area contributed by atoms with Gasteiger partial charge in [-0.1, -0.05) is 159 Å². The van der Waals surface area contributed by atoms with E-state index in [1.165, 1.54) is 25.1 Å². The van der Waals surface area contributed by atoms with Gasteiger partial charge in [-0.25, -0.2) is 0 Å². The van der Waals surface area contributed by atoms with E-state index in [1.807, 2.05) is 127 Å². The summed E-state index contributed by atoms with van der Waals surface area (Å²) < 4.78 is 16.3. The quantitative estimate of drug-likeness (QED) is 0.0639. The number of esters is 3. The maximum absolute atomic E-state index is 13.4. The normalized spacial score (nSPS) is 19.5. The lowest BCUT2D eigenvalue weighted by Crippen LogP contribution is -2.39. The van der Waals surface area contributed by atoms with E-state index in [0.717, 1.165) is 39.0 Å². The van der Waals surface area contributed by atoms with Crippen molar-refractivity contribution in [3.05, 3.63) is 183 Å². The van der Waals surface area contributed by atoms with Crippen molar-refractivity contribution in [2.45, 2.75) is 114 Å². The Bertz CT molecular complexity index is 2670. The SMILES string of the molecule is CC(=O)OC1CC(C)(C)C(/C=C/C(C)=C/C=C/C(C)=C/C=C/C=C(C)/C=C/C=C(C)/C=C/C2=C(C)C(=O)C(OC(=O)CCC(=O)Oc3ccc(/C=C/c4cc(O)cc(O)c4)cc3)CC2(C)C)=C(C)C1=O. The highest BCUT2D eigenvalue weighted by Gasteiger charge is 2.41. The lowest BCUT2D eigenvalue weighted by Gasteiger charge is -2.36. The monoisotopic (exact) mass is 948 g/mol. The summed E-state index contributed by atoms with van der Waals surface area (Å²) in [5.74, 6) is -1.91. The smallest absolute Gasteiger partial charge is 0.311 e. The highest BCUT2D eigenvalue weighted by atomic mass is 16.6. The molecule has 0 aliphatic heterocycles. The molecule has 0 saturated carbocycles. The molecule has 2 unspecified atom stereocenters. The lowest BCUT2D eigenvalue weighted by molar-refractivity contribution is -0.157. The lowest BCUT2D eigenvalue weighted by atomic mass is 9.71. The zero-order valence-electron chi connectivity index (χ0n) is 42.4. The van der Waals surface area contributed by atoms with Gasteiger partial charge in [-0.05, 0) is 110 Å². The fourth-order valence-electron chi connectivity index (χ4n) is 8.12. The first-order chi connectivity index (χ1) is 32.9. The summed E-state index contributed by atoms with van der Waals surface area (Å²) in [6, 6.07) is 11.0. The van der Waals surface area contributed by atoms with E-state index in [4.69, 9.17) is 14.2 Å². The molecule has 10 heteroatoms. The maximum Gasteiger partial charge on any atom is 0.311 e. The molecule has 0 spiro atoms. The summed E-state index contributed by atoms with van der Waals surface area (Å²) in [5, 5.41) is 19.3. The number of benzene rings is 2. The summed E-state index contributed by atoms with van der Waals surface area (Å²) in [6.07, 6.45) is 30.1. The van der Waals surface area contributed by atoms with Gasteiger partial charge in [0.2, 0.25) is 0 Å². The number of aromatic hydroxyl groups is 2. The van der Waals surface area contributed by atoms with Crippen LogP contribution >= 0.6 is 0 Å². The zero-order chi connectivity index (χ0) is 51.8. The van der Waals surface area contributed by atoms with Crippen molar-refractivity contribution in [2.75, 3.05) is 0 Å². The highest BCUT2D eigenvalue weighted by molar-refractivity contribution is 6.02. The summed E-state index contributed by atoms with van der Waals surface area (Å²) in [4.78, 5) is 63.1. The Morgan fingerprint density at radius 3 is 1.44 bits per heavy atom. The molecule has 0 bridgehead atoms. The average Bonchev–Trinajstić information content (AvgIpc) is 3.27. The molecule has 368 valence electrons. The molecule has 0 aromatic heterocycles. The Morgan fingerprint density at radius 2 is 0.971 bits per heavy atom. The van der Waals surface area contributed by atoms with Crippen LogP contribution in [0.25, 0.3) is 12.2 Å². The van der Waals surface area contributed by atoms with E-state index in [0.29, 0.717) is 35.3 Å². The molecule has 2 N–H and O–H groups in total. The molecule has 10 nitrogen and oxygen atoms in total. The molecule has 2 aliphatic carbocycles. The predicted octanol–water partition coefficient (Wildman–Crippen LogP) is 13.0. The van der Waals surface area contributed by atoms with Crippen molar-refractivity contribution >= 4 is 41.6 Å². The van der Waals surface area contributed by atoms with Gasteiger partial charge in [0.25, 0.3) is 0 Å². The van der Waals surface area contributed by atoms with Gasteiger partial charge < -0.3 is 24.4 Å². The van der Waals surface area contributed by atoms with Crippen LogP contribution in [0.15, 0.2) is 172 Å². The molecule has 0 heterocycles. The summed E-state index contributed by atoms with van der Waals surface area (Å²) in [7, 11) is 0. The van der Waals surface area contributed by atoms with Gasteiger partial charge in [-0.2, -0.15) is 0 Å². The van der Waals surface area contributed by atoms with Crippen LogP contribution in [0.2, 0.25) is 0 Å². The van der Waals surface area contributed by atoms with Crippen LogP contribution in [0.3, 0.4) is 0 Å². The first-order valence-electron chi connectivity index (χ1n) is 23.4. The van der Waals surface area contributed by atoms with Crippen molar-refractivity contribution in [1.29, 1.82) is 0 Å². The Labute approximate surface area is 413 Å². The highest BCUT2D eigenvalue weighted by Crippen LogP contribution is 2.42. The van der Waals surface area contributed by atoms with Gasteiger partial charge in [0.1, 0.15) is 17.2 Å². The van der Waals surface area contributed by atoms with Gasteiger partial charge in [0, 0.05) is 25.8 Å². The van der Waals surface area contributed by atoms with E-state index < -0.39 is 35.5 Å². The second-order valence-electron chi connectivity index (χ2n) is 19.1. The van der Waals surface area contributed by atoms with Crippen LogP contribution < -0.4 is 4.74 Å². The average molecular weight is 949 g/mol. The van der Waals surface area contributed by atoms with Crippen LogP contribution in [0.1, 0.15) is 113 Å². The number of carbonyl (C=O) groups excluding carboxylic acids is 5. The van der Waals surface area contributed by atoms with Crippen molar-refractivity contribution < 1.29 is 48.4 Å². The fourth-order valence-corrected chi connectivity index (χ4v) is 8.12. The number of phenols is 2. The predicted molar refractivity (Wildman–Crippen MR) is 278 cm³/mol. The van der Waals surface area contributed by atoms with Crippen LogP contribution in [0.5, 0.6) is 17.2 Å². The third-order valence-corrected chi connectivity index (χ3v) is 11.9. The maximum atomic E-state index is 13.4. The van der Waals surface area contributed by atoms with E-state index >= 15 is 0 Å². The van der Waals surface area contributed by atoms with Crippen molar-refractivity contribution in [3.63, 3.8) is 0 Å². The molecule has 2 aromatic rings. The molecule has 70 heavy (non-hydrogen) atoms. The van der Waals surface area contributed by atoms with Gasteiger partial charge in [-0.15, -0.1) is 0 Å². The molecule has 0 radical (unpaired) electrons. The minimum absolute atomic E-state index is 0.0496. The molecule has 0 amide bonds. The second kappa shape index (κ2) is 25.3. The van der Waals surface area contributed by atoms with Gasteiger partial charge in [0.15, 0.2) is 23.8 Å². The van der Waals surface area contributed by atoms with E-state index in [2.05, 4.69) is 13.8 Å². The number of rotatable bonds is 18. The topological polar surface area (TPSA) is 154 Å². The Morgan fingerprint density at radius 1 is 0.557 bits per heavy atom. The number of Topliss-reactive ketones (excluding diaryl/α,β-unsaturated/α-hetero) is 2. The molecular weight excluding hydrogens is 881 g/mol. The van der Waals surface area contributed by atoms with E-state index in [-0.39, 0.29) is 41.3 Å². The number of hydrogen-bond acceptors (Lipinski definition) is 10. The van der Waals surface area contributed by atoms with E-state index in [9.17, 15) is 34.2 Å². The minimum Gasteiger partial charge on any atom is -0.508 e. The van der Waals surface area contributed by atoms with Crippen LogP contribution in [0.4, 0.5) is 0 Å². The minimum atomic E-state index is -0.955. The van der Waals surface area contributed by atoms with Crippen LogP contribution in [-0.4, -0.2) is 51.9 Å². The number of carbonyl (C=O) groups is 5.